The van der Waals surface area contributed by atoms with Crippen molar-refractivity contribution in [1.29, 1.82) is 0 Å². The average Bonchev–Trinajstić information content (AvgIpc) is 3.24. The molecular weight excluding hydrogens is 400 g/mol. The summed E-state index contributed by atoms with van der Waals surface area (Å²) < 4.78 is 3.61. The van der Waals surface area contributed by atoms with Gasteiger partial charge in [0.1, 0.15) is 0 Å². The van der Waals surface area contributed by atoms with E-state index in [4.69, 9.17) is 0 Å². The highest BCUT2D eigenvalue weighted by molar-refractivity contribution is 7.97. The first kappa shape index (κ1) is 21.1. The van der Waals surface area contributed by atoms with Crippen molar-refractivity contribution < 1.29 is 4.79 Å². The fraction of sp³-hybridized carbons (Fsp3) is 0.519. The molecule has 0 radical (unpaired) electrons. The predicted octanol–water partition coefficient (Wildman–Crippen LogP) is 5.59. The van der Waals surface area contributed by atoms with Crippen LogP contribution >= 0.6 is 11.9 Å². The minimum atomic E-state index is 0.0781. The zero-order valence-electron chi connectivity index (χ0n) is 18.9. The standard InChI is InChI=1S/C27H34N2OS/c1-26(2)24-18-19-9-7-8-12-23(19)27(26,3)15-16-29(24)25(30)20-13-14-21(17-20)28-31-22-10-5-4-6-11-22/h4-12,20-21,24,28H,13-18H2,1-3H3/t20?,21-,24?,27+/m1/s1. The molecule has 2 aromatic rings. The van der Waals surface area contributed by atoms with Crippen molar-refractivity contribution in [2.75, 3.05) is 6.54 Å². The maximum atomic E-state index is 13.7. The predicted molar refractivity (Wildman–Crippen MR) is 128 cm³/mol. The van der Waals surface area contributed by atoms with Crippen LogP contribution in [0.15, 0.2) is 59.5 Å². The monoisotopic (exact) mass is 434 g/mol. The van der Waals surface area contributed by atoms with Crippen molar-refractivity contribution in [1.82, 2.24) is 9.62 Å². The van der Waals surface area contributed by atoms with E-state index in [1.165, 1.54) is 16.0 Å². The Balaban J connectivity index is 1.29. The normalized spacial score (nSPS) is 31.3. The molecule has 31 heavy (non-hydrogen) atoms. The second-order valence-electron chi connectivity index (χ2n) is 10.5. The van der Waals surface area contributed by atoms with E-state index in [0.717, 1.165) is 38.6 Å². The van der Waals surface area contributed by atoms with Crippen LogP contribution in [-0.2, 0) is 16.6 Å². The van der Waals surface area contributed by atoms with Crippen LogP contribution in [0.1, 0.15) is 57.6 Å². The van der Waals surface area contributed by atoms with Crippen molar-refractivity contribution in [2.24, 2.45) is 11.3 Å². The van der Waals surface area contributed by atoms with Gasteiger partial charge in [0.2, 0.25) is 5.91 Å². The third kappa shape index (κ3) is 3.52. The molecule has 3 aliphatic rings. The Morgan fingerprint density at radius 2 is 1.77 bits per heavy atom. The number of carbonyl (C=O) groups excluding carboxylic acids is 1. The lowest BCUT2D eigenvalue weighted by molar-refractivity contribution is -0.148. The van der Waals surface area contributed by atoms with Crippen molar-refractivity contribution in [3.05, 3.63) is 65.7 Å². The Morgan fingerprint density at radius 1 is 1.03 bits per heavy atom. The largest absolute Gasteiger partial charge is 0.339 e. The maximum absolute atomic E-state index is 13.7. The second-order valence-corrected chi connectivity index (χ2v) is 11.4. The Hall–Kier alpha value is -1.78. The molecule has 2 fully saturated rings. The number of hydrogen-bond donors (Lipinski definition) is 1. The van der Waals surface area contributed by atoms with Crippen molar-refractivity contribution in [2.45, 2.75) is 75.3 Å². The van der Waals surface area contributed by atoms with E-state index >= 15 is 0 Å². The summed E-state index contributed by atoms with van der Waals surface area (Å²) in [5.41, 5.74) is 3.16. The first-order valence-electron chi connectivity index (χ1n) is 11.8. The number of piperidine rings is 1. The van der Waals surface area contributed by atoms with Crippen LogP contribution in [0.2, 0.25) is 0 Å². The smallest absolute Gasteiger partial charge is 0.226 e. The lowest BCUT2D eigenvalue weighted by Crippen LogP contribution is -2.65. The first-order valence-corrected chi connectivity index (χ1v) is 12.6. The summed E-state index contributed by atoms with van der Waals surface area (Å²) in [4.78, 5) is 17.2. The van der Waals surface area contributed by atoms with Gasteiger partial charge < -0.3 is 4.90 Å². The van der Waals surface area contributed by atoms with Gasteiger partial charge in [-0.15, -0.1) is 0 Å². The summed E-state index contributed by atoms with van der Waals surface area (Å²) in [6.45, 7) is 8.10. The molecule has 1 N–H and O–H groups in total. The molecule has 2 unspecified atom stereocenters. The third-order valence-electron chi connectivity index (χ3n) is 8.66. The molecule has 1 saturated heterocycles. The number of fused-ring (bicyclic) bond motifs is 4. The molecule has 1 saturated carbocycles. The Kier molecular flexibility index (Phi) is 5.42. The summed E-state index contributed by atoms with van der Waals surface area (Å²) in [7, 11) is 0. The molecule has 3 nitrogen and oxygen atoms in total. The lowest BCUT2D eigenvalue weighted by atomic mass is 9.51. The highest BCUT2D eigenvalue weighted by Gasteiger charge is 2.57. The number of benzene rings is 2. The Morgan fingerprint density at radius 3 is 2.58 bits per heavy atom. The van der Waals surface area contributed by atoms with Crippen molar-refractivity contribution in [3.63, 3.8) is 0 Å². The van der Waals surface area contributed by atoms with E-state index in [9.17, 15) is 4.79 Å². The van der Waals surface area contributed by atoms with Gasteiger partial charge in [0, 0.05) is 34.9 Å². The van der Waals surface area contributed by atoms with Gasteiger partial charge in [0.05, 0.1) is 0 Å². The summed E-state index contributed by atoms with van der Waals surface area (Å²) in [5, 5.41) is 0. The van der Waals surface area contributed by atoms with E-state index in [0.29, 0.717) is 18.0 Å². The molecule has 1 heterocycles. The molecular formula is C27H34N2OS. The zero-order valence-corrected chi connectivity index (χ0v) is 19.8. The van der Waals surface area contributed by atoms with Crippen LogP contribution in [0.3, 0.4) is 0 Å². The second kappa shape index (κ2) is 7.97. The molecule has 1 aliphatic heterocycles. The minimum absolute atomic E-state index is 0.0781. The van der Waals surface area contributed by atoms with E-state index in [2.05, 4.69) is 78.9 Å². The summed E-state index contributed by atoms with van der Waals surface area (Å²) in [5.74, 6) is 0.555. The molecule has 5 rings (SSSR count). The summed E-state index contributed by atoms with van der Waals surface area (Å²) in [6, 6.07) is 20.1. The molecule has 2 bridgehead atoms. The average molecular weight is 435 g/mol. The van der Waals surface area contributed by atoms with Gasteiger partial charge in [-0.1, -0.05) is 63.2 Å². The first-order chi connectivity index (χ1) is 14.9. The minimum Gasteiger partial charge on any atom is -0.339 e. The van der Waals surface area contributed by atoms with Crippen LogP contribution in [0, 0.1) is 11.3 Å². The van der Waals surface area contributed by atoms with Crippen molar-refractivity contribution in [3.8, 4) is 0 Å². The van der Waals surface area contributed by atoms with Crippen LogP contribution < -0.4 is 4.72 Å². The molecule has 0 aromatic heterocycles. The maximum Gasteiger partial charge on any atom is 0.226 e. The van der Waals surface area contributed by atoms with Gasteiger partial charge in [-0.2, -0.15) is 0 Å². The zero-order chi connectivity index (χ0) is 21.6. The number of nitrogens with zero attached hydrogens (tertiary/aromatic N) is 1. The fourth-order valence-electron chi connectivity index (χ4n) is 6.32. The van der Waals surface area contributed by atoms with Gasteiger partial charge in [0.25, 0.3) is 0 Å². The van der Waals surface area contributed by atoms with Gasteiger partial charge >= 0.3 is 0 Å². The van der Waals surface area contributed by atoms with E-state index in [-0.39, 0.29) is 16.7 Å². The molecule has 2 aliphatic carbocycles. The SMILES string of the molecule is CC1(C)C2Cc3ccccc3[C@]1(C)CCN2C(=O)C1CC[C@@H](NSc2ccccc2)C1. The van der Waals surface area contributed by atoms with E-state index in [1.54, 1.807) is 11.9 Å². The number of nitrogens with one attached hydrogen (secondary N) is 1. The van der Waals surface area contributed by atoms with Crippen molar-refractivity contribution >= 4 is 17.9 Å². The van der Waals surface area contributed by atoms with Gasteiger partial charge in [-0.25, -0.2) is 0 Å². The molecule has 0 spiro atoms. The molecule has 4 heteroatoms. The highest BCUT2D eigenvalue weighted by Crippen LogP contribution is 2.56. The lowest BCUT2D eigenvalue weighted by Gasteiger charge is -2.61. The van der Waals surface area contributed by atoms with Crippen LogP contribution in [0.4, 0.5) is 0 Å². The molecule has 1 amide bonds. The third-order valence-corrected chi connectivity index (χ3v) is 9.62. The number of hydrogen-bond acceptors (Lipinski definition) is 3. The molecule has 4 atom stereocenters. The Labute approximate surface area is 191 Å². The topological polar surface area (TPSA) is 32.3 Å². The van der Waals surface area contributed by atoms with Gasteiger partial charge in [-0.05, 0) is 72.7 Å². The fourth-order valence-corrected chi connectivity index (χ4v) is 7.13. The summed E-state index contributed by atoms with van der Waals surface area (Å²) in [6.07, 6.45) is 5.08. The number of rotatable bonds is 4. The molecule has 2 aromatic carbocycles. The number of amides is 1. The Bertz CT molecular complexity index is 959. The van der Waals surface area contributed by atoms with E-state index < -0.39 is 0 Å². The highest BCUT2D eigenvalue weighted by atomic mass is 32.2. The van der Waals surface area contributed by atoms with Gasteiger partial charge in [-0.3, -0.25) is 9.52 Å². The quantitative estimate of drug-likeness (QED) is 0.637. The summed E-state index contributed by atoms with van der Waals surface area (Å²) >= 11 is 1.70. The van der Waals surface area contributed by atoms with Crippen LogP contribution in [0.5, 0.6) is 0 Å². The van der Waals surface area contributed by atoms with Gasteiger partial charge in [0.15, 0.2) is 0 Å². The van der Waals surface area contributed by atoms with Crippen LogP contribution in [0.25, 0.3) is 0 Å². The number of likely N-dealkylation sites (tertiary alicyclic amines) is 1. The van der Waals surface area contributed by atoms with Crippen LogP contribution in [-0.4, -0.2) is 29.4 Å². The molecule has 164 valence electrons. The van der Waals surface area contributed by atoms with E-state index in [1.807, 2.05) is 6.07 Å². The number of carbonyl (C=O) groups is 1.